The number of nitrogens with zero attached hydrogens (tertiary/aromatic N) is 1. The molecule has 52 heavy (non-hydrogen) atoms. The maximum atomic E-state index is 14.2. The lowest BCUT2D eigenvalue weighted by Crippen LogP contribution is -2.57. The van der Waals surface area contributed by atoms with Gasteiger partial charge in [-0.1, -0.05) is 60.7 Å². The second kappa shape index (κ2) is 12.1. The summed E-state index contributed by atoms with van der Waals surface area (Å²) in [6.07, 6.45) is 0.835. The Morgan fingerprint density at radius 2 is 1.37 bits per heavy atom. The summed E-state index contributed by atoms with van der Waals surface area (Å²) in [4.78, 5) is 54.3. The van der Waals surface area contributed by atoms with E-state index in [0.717, 1.165) is 44.3 Å². The van der Waals surface area contributed by atoms with Crippen molar-refractivity contribution in [3.05, 3.63) is 117 Å². The van der Waals surface area contributed by atoms with Crippen LogP contribution in [0, 0.1) is 30.5 Å². The van der Waals surface area contributed by atoms with E-state index >= 15 is 0 Å². The van der Waals surface area contributed by atoms with Crippen molar-refractivity contribution in [2.24, 2.45) is 10.8 Å². The molecule has 2 saturated heterocycles. The van der Waals surface area contributed by atoms with Crippen molar-refractivity contribution >= 4 is 50.9 Å². The average Bonchev–Trinajstić information content (AvgIpc) is 3.58. The third-order valence-corrected chi connectivity index (χ3v) is 12.4. The summed E-state index contributed by atoms with van der Waals surface area (Å²) in [5.74, 6) is -2.02. The zero-order valence-corrected chi connectivity index (χ0v) is 29.9. The molecule has 1 aromatic heterocycles. The molecule has 4 aromatic carbocycles. The SMILES string of the molecule is Cc1cccc2c1C1NC(=O)C2CC1(C)C(=O)Nc1nc(-c2ccc(F)c3ccccc23)cs1.Cc1cccc2c1C1NC(=O)C2CC1(C)C(=O)O. The zero-order chi connectivity index (χ0) is 36.7. The number of anilines is 1. The second-order valence-corrected chi connectivity index (χ2v) is 15.7. The number of carboxylic acids is 1. The number of aryl methyl sites for hydroxylation is 2. The lowest BCUT2D eigenvalue weighted by molar-refractivity contribution is -0.155. The summed E-state index contributed by atoms with van der Waals surface area (Å²) in [7, 11) is 0. The molecule has 6 unspecified atom stereocenters. The number of fused-ring (bicyclic) bond motifs is 5. The number of hydrogen-bond donors (Lipinski definition) is 4. The van der Waals surface area contributed by atoms with Crippen molar-refractivity contribution in [1.29, 1.82) is 0 Å². The molecule has 3 amide bonds. The van der Waals surface area contributed by atoms with E-state index in [-0.39, 0.29) is 41.4 Å². The van der Waals surface area contributed by atoms with Crippen LogP contribution in [0.15, 0.2) is 78.2 Å². The zero-order valence-electron chi connectivity index (χ0n) is 29.0. The van der Waals surface area contributed by atoms with Crippen LogP contribution >= 0.6 is 11.3 Å². The number of halogens is 1. The number of aliphatic carboxylic acids is 1. The Kier molecular flexibility index (Phi) is 7.83. The van der Waals surface area contributed by atoms with Gasteiger partial charge in [0, 0.05) is 16.3 Å². The van der Waals surface area contributed by atoms with Crippen LogP contribution in [0.4, 0.5) is 9.52 Å². The van der Waals surface area contributed by atoms with Crippen molar-refractivity contribution in [2.75, 3.05) is 5.32 Å². The van der Waals surface area contributed by atoms with Gasteiger partial charge in [-0.2, -0.15) is 0 Å². The van der Waals surface area contributed by atoms with Crippen LogP contribution in [0.3, 0.4) is 0 Å². The summed E-state index contributed by atoms with van der Waals surface area (Å²) < 4.78 is 14.2. The van der Waals surface area contributed by atoms with Crippen molar-refractivity contribution < 1.29 is 28.7 Å². The normalized spacial score (nSPS) is 26.4. The number of aromatic nitrogens is 1. The topological polar surface area (TPSA) is 137 Å². The number of rotatable bonds is 4. The number of piperidine rings is 2. The Morgan fingerprint density at radius 1 is 0.808 bits per heavy atom. The molecule has 2 aliphatic carbocycles. The van der Waals surface area contributed by atoms with Crippen LogP contribution in [0.1, 0.15) is 84.0 Å². The van der Waals surface area contributed by atoms with E-state index in [9.17, 15) is 28.7 Å². The summed E-state index contributed by atoms with van der Waals surface area (Å²) in [6.45, 7) is 7.62. The molecule has 0 spiro atoms. The summed E-state index contributed by atoms with van der Waals surface area (Å²) >= 11 is 1.33. The van der Waals surface area contributed by atoms with Gasteiger partial charge in [0.2, 0.25) is 17.7 Å². The maximum absolute atomic E-state index is 14.2. The second-order valence-electron chi connectivity index (χ2n) is 14.8. The van der Waals surface area contributed by atoms with Crippen LogP contribution in [-0.2, 0) is 19.2 Å². The quantitative estimate of drug-likeness (QED) is 0.152. The molecular formula is C41H37FN4O5S. The molecule has 9 nitrogen and oxygen atoms in total. The molecule has 6 atom stereocenters. The Hall–Kier alpha value is -5.42. The Morgan fingerprint density at radius 3 is 1.96 bits per heavy atom. The highest BCUT2D eigenvalue weighted by atomic mass is 32.1. The molecule has 4 aliphatic heterocycles. The van der Waals surface area contributed by atoms with Gasteiger partial charge >= 0.3 is 5.97 Å². The van der Waals surface area contributed by atoms with E-state index in [1.807, 2.05) is 74.7 Å². The number of carbonyl (C=O) groups is 4. The van der Waals surface area contributed by atoms with E-state index in [4.69, 9.17) is 0 Å². The van der Waals surface area contributed by atoms with E-state index < -0.39 is 22.8 Å². The van der Waals surface area contributed by atoms with Crippen molar-refractivity contribution in [1.82, 2.24) is 15.6 Å². The van der Waals surface area contributed by atoms with E-state index in [1.54, 1.807) is 25.1 Å². The number of amides is 3. The van der Waals surface area contributed by atoms with Gasteiger partial charge in [-0.15, -0.1) is 11.3 Å². The smallest absolute Gasteiger partial charge is 0.311 e. The molecule has 0 radical (unpaired) electrons. The van der Waals surface area contributed by atoms with Crippen molar-refractivity contribution in [3.8, 4) is 11.3 Å². The first kappa shape index (κ1) is 33.7. The molecule has 4 N–H and O–H groups in total. The third kappa shape index (κ3) is 5.04. The van der Waals surface area contributed by atoms with Crippen molar-refractivity contribution in [2.45, 2.75) is 64.5 Å². The highest BCUT2D eigenvalue weighted by molar-refractivity contribution is 7.14. The minimum absolute atomic E-state index is 0.0203. The largest absolute Gasteiger partial charge is 0.481 e. The fourth-order valence-corrected chi connectivity index (χ4v) is 9.48. The monoisotopic (exact) mass is 716 g/mol. The van der Waals surface area contributed by atoms with E-state index in [2.05, 4.69) is 20.9 Å². The Labute approximate surface area is 303 Å². The minimum Gasteiger partial charge on any atom is -0.481 e. The van der Waals surface area contributed by atoms with Gasteiger partial charge in [0.1, 0.15) is 5.82 Å². The highest BCUT2D eigenvalue weighted by Crippen LogP contribution is 2.55. The Bertz CT molecular complexity index is 2360. The average molecular weight is 717 g/mol. The number of carboxylic acid groups (broad SMARTS) is 1. The number of thiazole rings is 1. The van der Waals surface area contributed by atoms with Crippen LogP contribution in [0.5, 0.6) is 0 Å². The molecule has 11 heteroatoms. The summed E-state index contributed by atoms with van der Waals surface area (Å²) in [6, 6.07) is 21.5. The standard InChI is InChI=1S/C27H22FN3O2S.C14H15NO3/c1-14-6-5-9-18-19-12-27(2,23(22(14)18)30-24(19)32)25(33)31-26-29-21(13-34-26)17-10-11-20(28)16-8-4-3-7-15(16)17;1-7-4-3-5-8-9-6-14(2,13(17)18)11(10(7)8)15-12(9)16/h3-11,13,19,23H,12H2,1-2H3,(H,30,32)(H,29,31,33);3-5,9,11H,6H2,1-2H3,(H,15,16)(H,17,18). The summed E-state index contributed by atoms with van der Waals surface area (Å²) in [5.41, 5.74) is 5.99. The van der Waals surface area contributed by atoms with Crippen LogP contribution in [-0.4, -0.2) is 33.8 Å². The molecular weight excluding hydrogens is 680 g/mol. The Balaban J connectivity index is 0.000000181. The first-order chi connectivity index (χ1) is 24.8. The summed E-state index contributed by atoms with van der Waals surface area (Å²) in [5, 5.41) is 22.1. The fraction of sp³-hybridized carbons (Fsp3) is 0.293. The predicted molar refractivity (Wildman–Crippen MR) is 196 cm³/mol. The van der Waals surface area contributed by atoms with Crippen LogP contribution in [0.25, 0.3) is 22.0 Å². The van der Waals surface area contributed by atoms with Gasteiger partial charge in [0.15, 0.2) is 5.13 Å². The lowest BCUT2D eigenvalue weighted by atomic mass is 9.60. The van der Waals surface area contributed by atoms with Crippen LogP contribution < -0.4 is 16.0 Å². The van der Waals surface area contributed by atoms with Gasteiger partial charge < -0.3 is 21.1 Å². The molecule has 5 aromatic rings. The highest BCUT2D eigenvalue weighted by Gasteiger charge is 2.57. The van der Waals surface area contributed by atoms with Gasteiger partial charge in [-0.3, -0.25) is 19.2 Å². The maximum Gasteiger partial charge on any atom is 0.311 e. The number of carbonyl (C=O) groups excluding carboxylic acids is 3. The molecule has 0 saturated carbocycles. The fourth-order valence-electron chi connectivity index (χ4n) is 8.78. The molecule has 2 fully saturated rings. The van der Waals surface area contributed by atoms with E-state index in [0.29, 0.717) is 29.1 Å². The third-order valence-electron chi connectivity index (χ3n) is 11.7. The van der Waals surface area contributed by atoms with Crippen LogP contribution in [0.2, 0.25) is 0 Å². The first-order valence-corrected chi connectivity index (χ1v) is 18.2. The van der Waals surface area contributed by atoms with E-state index in [1.165, 1.54) is 17.4 Å². The number of benzene rings is 4. The lowest BCUT2D eigenvalue weighted by Gasteiger charge is -2.49. The molecule has 11 rings (SSSR count). The van der Waals surface area contributed by atoms with Gasteiger partial charge in [-0.05, 0) is 91.4 Å². The predicted octanol–water partition coefficient (Wildman–Crippen LogP) is 7.46. The minimum atomic E-state index is -0.905. The number of nitrogens with one attached hydrogen (secondary N) is 3. The van der Waals surface area contributed by atoms with Crippen molar-refractivity contribution in [3.63, 3.8) is 0 Å². The van der Waals surface area contributed by atoms with Gasteiger partial charge in [0.05, 0.1) is 40.4 Å². The van der Waals surface area contributed by atoms with Gasteiger partial charge in [-0.25, -0.2) is 9.37 Å². The molecule has 6 aliphatic rings. The first-order valence-electron chi connectivity index (χ1n) is 17.3. The molecule has 4 bridgehead atoms. The van der Waals surface area contributed by atoms with Gasteiger partial charge in [0.25, 0.3) is 0 Å². The molecule has 5 heterocycles. The molecule has 264 valence electrons. The number of hydrogen-bond acceptors (Lipinski definition) is 6.